The van der Waals surface area contributed by atoms with Gasteiger partial charge in [0.1, 0.15) is 0 Å². The van der Waals surface area contributed by atoms with Crippen LogP contribution >= 0.6 is 11.6 Å². The van der Waals surface area contributed by atoms with E-state index in [1.165, 1.54) is 5.56 Å². The van der Waals surface area contributed by atoms with Crippen LogP contribution in [0.25, 0.3) is 0 Å². The van der Waals surface area contributed by atoms with E-state index in [0.717, 1.165) is 16.8 Å². The Morgan fingerprint density at radius 1 is 1.05 bits per heavy atom. The van der Waals surface area contributed by atoms with Gasteiger partial charge in [-0.25, -0.2) is 0 Å². The lowest BCUT2D eigenvalue weighted by Gasteiger charge is -2.25. The van der Waals surface area contributed by atoms with E-state index in [1.54, 1.807) is 6.07 Å². The third kappa shape index (κ3) is 2.22. The number of carbonyl (C=O) groups excluding carboxylic acids is 1. The summed E-state index contributed by atoms with van der Waals surface area (Å²) in [6, 6.07) is 13.9. The average Bonchev–Trinajstić information content (AvgIpc) is 2.71. The van der Waals surface area contributed by atoms with Gasteiger partial charge in [0.05, 0.1) is 5.41 Å². The zero-order valence-electron chi connectivity index (χ0n) is 13.3. The summed E-state index contributed by atoms with van der Waals surface area (Å²) in [7, 11) is 0. The Labute approximate surface area is 136 Å². The number of anilines is 1. The monoisotopic (exact) mass is 313 g/mol. The largest absolute Gasteiger partial charge is 0.325 e. The van der Waals surface area contributed by atoms with Crippen molar-refractivity contribution in [3.8, 4) is 0 Å². The van der Waals surface area contributed by atoms with Crippen molar-refractivity contribution < 1.29 is 4.79 Å². The fraction of sp³-hybridized carbons (Fsp3) is 0.316. The van der Waals surface area contributed by atoms with Crippen LogP contribution in [-0.4, -0.2) is 5.91 Å². The lowest BCUT2D eigenvalue weighted by molar-refractivity contribution is -0.119. The Balaban J connectivity index is 2.11. The number of hydrogen-bond donors (Lipinski definition) is 1. The highest BCUT2D eigenvalue weighted by Gasteiger charge is 2.44. The van der Waals surface area contributed by atoms with Crippen LogP contribution in [0.1, 0.15) is 44.4 Å². The standard InChI is InChI=1S/C19H20ClNO/c1-18(2,3)12-5-7-13(8-6-12)19(4)15-11-14(20)9-10-16(15)21-17(19)22/h5-11H,1-4H3,(H,21,22)/t19-/m0/s1. The van der Waals surface area contributed by atoms with E-state index < -0.39 is 5.41 Å². The molecule has 0 aliphatic carbocycles. The number of carbonyl (C=O) groups is 1. The first-order chi connectivity index (χ1) is 10.2. The second-order valence-electron chi connectivity index (χ2n) is 7.10. The topological polar surface area (TPSA) is 29.1 Å². The molecular formula is C19H20ClNO. The van der Waals surface area contributed by atoms with Gasteiger partial charge in [-0.15, -0.1) is 0 Å². The van der Waals surface area contributed by atoms with Crippen LogP contribution in [0.5, 0.6) is 0 Å². The Hall–Kier alpha value is -1.80. The van der Waals surface area contributed by atoms with Crippen LogP contribution in [0.4, 0.5) is 5.69 Å². The van der Waals surface area contributed by atoms with Crippen molar-refractivity contribution >= 4 is 23.2 Å². The minimum Gasteiger partial charge on any atom is -0.325 e. The van der Waals surface area contributed by atoms with Gasteiger partial charge in [-0.2, -0.15) is 0 Å². The van der Waals surface area contributed by atoms with Crippen molar-refractivity contribution in [2.45, 2.75) is 38.5 Å². The summed E-state index contributed by atoms with van der Waals surface area (Å²) in [5.41, 5.74) is 3.42. The maximum absolute atomic E-state index is 12.6. The molecule has 1 aliphatic heterocycles. The summed E-state index contributed by atoms with van der Waals surface area (Å²) in [6.07, 6.45) is 0. The SMILES string of the molecule is CC(C)(C)c1ccc([C@]2(C)C(=O)Nc3ccc(Cl)cc32)cc1. The Morgan fingerprint density at radius 2 is 1.68 bits per heavy atom. The van der Waals surface area contributed by atoms with Crippen molar-refractivity contribution in [1.82, 2.24) is 0 Å². The lowest BCUT2D eigenvalue weighted by atomic mass is 9.76. The van der Waals surface area contributed by atoms with Crippen molar-refractivity contribution in [1.29, 1.82) is 0 Å². The van der Waals surface area contributed by atoms with Gasteiger partial charge in [-0.3, -0.25) is 4.79 Å². The highest BCUT2D eigenvalue weighted by atomic mass is 35.5. The highest BCUT2D eigenvalue weighted by Crippen LogP contribution is 2.43. The van der Waals surface area contributed by atoms with E-state index in [1.807, 2.05) is 19.1 Å². The summed E-state index contributed by atoms with van der Waals surface area (Å²) >= 11 is 6.13. The molecule has 0 spiro atoms. The third-order valence-electron chi connectivity index (χ3n) is 4.55. The van der Waals surface area contributed by atoms with E-state index in [0.29, 0.717) is 5.02 Å². The predicted molar refractivity (Wildman–Crippen MR) is 91.7 cm³/mol. The van der Waals surface area contributed by atoms with Crippen LogP contribution in [0, 0.1) is 0 Å². The van der Waals surface area contributed by atoms with Gasteiger partial charge < -0.3 is 5.32 Å². The zero-order valence-corrected chi connectivity index (χ0v) is 14.1. The smallest absolute Gasteiger partial charge is 0.239 e. The van der Waals surface area contributed by atoms with E-state index in [9.17, 15) is 4.79 Å². The molecule has 0 saturated carbocycles. The molecule has 2 aromatic carbocycles. The number of rotatable bonds is 1. The van der Waals surface area contributed by atoms with E-state index in [-0.39, 0.29) is 11.3 Å². The quantitative estimate of drug-likeness (QED) is 0.797. The molecule has 1 amide bonds. The van der Waals surface area contributed by atoms with Crippen LogP contribution in [0.2, 0.25) is 5.02 Å². The van der Waals surface area contributed by atoms with Crippen molar-refractivity contribution in [3.05, 3.63) is 64.2 Å². The molecule has 114 valence electrons. The molecule has 0 fully saturated rings. The fourth-order valence-electron chi connectivity index (χ4n) is 3.00. The number of fused-ring (bicyclic) bond motifs is 1. The molecule has 0 saturated heterocycles. The predicted octanol–water partition coefficient (Wildman–Crippen LogP) is 4.90. The van der Waals surface area contributed by atoms with Crippen LogP contribution in [0.15, 0.2) is 42.5 Å². The van der Waals surface area contributed by atoms with Gasteiger partial charge in [-0.05, 0) is 47.2 Å². The van der Waals surface area contributed by atoms with Crippen LogP contribution in [-0.2, 0) is 15.6 Å². The molecule has 1 heterocycles. The fourth-order valence-corrected chi connectivity index (χ4v) is 3.17. The van der Waals surface area contributed by atoms with Gasteiger partial charge in [0.25, 0.3) is 0 Å². The highest BCUT2D eigenvalue weighted by molar-refractivity contribution is 6.31. The Kier molecular flexibility index (Phi) is 3.33. The molecule has 1 N–H and O–H groups in total. The van der Waals surface area contributed by atoms with Gasteiger partial charge in [-0.1, -0.05) is 56.6 Å². The molecule has 1 aliphatic rings. The number of hydrogen-bond acceptors (Lipinski definition) is 1. The van der Waals surface area contributed by atoms with Crippen LogP contribution < -0.4 is 5.32 Å². The van der Waals surface area contributed by atoms with Gasteiger partial charge in [0.15, 0.2) is 0 Å². The summed E-state index contributed by atoms with van der Waals surface area (Å²) in [6.45, 7) is 8.50. The van der Waals surface area contributed by atoms with Gasteiger partial charge in [0.2, 0.25) is 5.91 Å². The third-order valence-corrected chi connectivity index (χ3v) is 4.79. The zero-order chi connectivity index (χ0) is 16.1. The summed E-state index contributed by atoms with van der Waals surface area (Å²) in [5.74, 6) is -0.00623. The van der Waals surface area contributed by atoms with Crippen molar-refractivity contribution in [3.63, 3.8) is 0 Å². The van der Waals surface area contributed by atoms with Crippen LogP contribution in [0.3, 0.4) is 0 Å². The molecule has 3 heteroatoms. The number of nitrogens with one attached hydrogen (secondary N) is 1. The minimum absolute atomic E-state index is 0.00623. The normalized spacial score (nSPS) is 20.7. The maximum atomic E-state index is 12.6. The molecule has 0 radical (unpaired) electrons. The second kappa shape index (κ2) is 4.85. The molecular weight excluding hydrogens is 294 g/mol. The summed E-state index contributed by atoms with van der Waals surface area (Å²) in [5, 5.41) is 3.61. The molecule has 1 atom stereocenters. The maximum Gasteiger partial charge on any atom is 0.239 e. The summed E-state index contributed by atoms with van der Waals surface area (Å²) < 4.78 is 0. The minimum atomic E-state index is -0.698. The molecule has 0 unspecified atom stereocenters. The number of amides is 1. The van der Waals surface area contributed by atoms with Gasteiger partial charge in [0, 0.05) is 10.7 Å². The van der Waals surface area contributed by atoms with Crippen molar-refractivity contribution in [2.24, 2.45) is 0 Å². The van der Waals surface area contributed by atoms with E-state index in [2.05, 4.69) is 50.4 Å². The molecule has 0 bridgehead atoms. The lowest BCUT2D eigenvalue weighted by Crippen LogP contribution is -2.32. The first kappa shape index (κ1) is 15.1. The molecule has 22 heavy (non-hydrogen) atoms. The van der Waals surface area contributed by atoms with Crippen molar-refractivity contribution in [2.75, 3.05) is 5.32 Å². The van der Waals surface area contributed by atoms with Gasteiger partial charge >= 0.3 is 0 Å². The molecule has 0 aromatic heterocycles. The Bertz CT molecular complexity index is 743. The van der Waals surface area contributed by atoms with E-state index >= 15 is 0 Å². The second-order valence-corrected chi connectivity index (χ2v) is 7.53. The molecule has 2 aromatic rings. The molecule has 2 nitrogen and oxygen atoms in total. The number of benzene rings is 2. The summed E-state index contributed by atoms with van der Waals surface area (Å²) in [4.78, 5) is 12.6. The Morgan fingerprint density at radius 3 is 2.27 bits per heavy atom. The average molecular weight is 314 g/mol. The number of halogens is 1. The first-order valence-corrected chi connectivity index (χ1v) is 7.83. The van der Waals surface area contributed by atoms with E-state index in [4.69, 9.17) is 11.6 Å². The molecule has 3 rings (SSSR count). The first-order valence-electron chi connectivity index (χ1n) is 7.45.